The molecule has 1 fully saturated rings. The van der Waals surface area contributed by atoms with Crippen LogP contribution in [-0.2, 0) is 0 Å². The Bertz CT molecular complexity index is 307. The summed E-state index contributed by atoms with van der Waals surface area (Å²) < 4.78 is 0. The maximum atomic E-state index is 5.70. The topological polar surface area (TPSA) is 63.8 Å². The maximum Gasteiger partial charge on any atom is 0.222 e. The third-order valence-electron chi connectivity index (χ3n) is 2.62. The summed E-state index contributed by atoms with van der Waals surface area (Å²) in [5.41, 5.74) is 6.70. The molecule has 0 bridgehead atoms. The second kappa shape index (κ2) is 3.92. The first-order chi connectivity index (χ1) is 6.74. The van der Waals surface area contributed by atoms with E-state index in [1.807, 2.05) is 13.0 Å². The molecule has 3 N–H and O–H groups in total. The van der Waals surface area contributed by atoms with Gasteiger partial charge in [-0.15, -0.1) is 0 Å². The Balaban J connectivity index is 1.80. The first kappa shape index (κ1) is 9.40. The van der Waals surface area contributed by atoms with Crippen molar-refractivity contribution in [2.24, 2.45) is 11.7 Å². The number of nitrogens with two attached hydrogens (primary N) is 1. The molecule has 76 valence electrons. The lowest BCUT2D eigenvalue weighted by Gasteiger charge is -2.32. The van der Waals surface area contributed by atoms with E-state index in [1.54, 1.807) is 6.20 Å². The van der Waals surface area contributed by atoms with Gasteiger partial charge in [-0.05, 0) is 31.7 Å². The number of nitrogens with zero attached hydrogens (tertiary/aromatic N) is 2. The fourth-order valence-corrected chi connectivity index (χ4v) is 1.72. The summed E-state index contributed by atoms with van der Waals surface area (Å²) in [5, 5.41) is 3.23. The lowest BCUT2D eigenvalue weighted by Crippen LogP contribution is -2.39. The van der Waals surface area contributed by atoms with Gasteiger partial charge >= 0.3 is 0 Å². The van der Waals surface area contributed by atoms with Crippen LogP contribution in [0.1, 0.15) is 18.5 Å². The quantitative estimate of drug-likeness (QED) is 0.748. The minimum atomic E-state index is 0.417. The van der Waals surface area contributed by atoms with Crippen LogP contribution in [0.25, 0.3) is 0 Å². The highest BCUT2D eigenvalue weighted by atomic mass is 15.1. The first-order valence-electron chi connectivity index (χ1n) is 5.03. The monoisotopic (exact) mass is 192 g/mol. The number of anilines is 1. The van der Waals surface area contributed by atoms with E-state index in [4.69, 9.17) is 5.73 Å². The van der Waals surface area contributed by atoms with Gasteiger partial charge in [0.1, 0.15) is 0 Å². The third-order valence-corrected chi connectivity index (χ3v) is 2.62. The van der Waals surface area contributed by atoms with Crippen LogP contribution in [0.3, 0.4) is 0 Å². The lowest BCUT2D eigenvalue weighted by atomic mass is 9.81. The average molecular weight is 192 g/mol. The van der Waals surface area contributed by atoms with Crippen molar-refractivity contribution in [1.29, 1.82) is 0 Å². The molecule has 1 aromatic heterocycles. The van der Waals surface area contributed by atoms with E-state index in [1.165, 1.54) is 0 Å². The molecule has 0 saturated heterocycles. The second-order valence-electron chi connectivity index (χ2n) is 4.00. The van der Waals surface area contributed by atoms with E-state index in [2.05, 4.69) is 15.3 Å². The van der Waals surface area contributed by atoms with Crippen molar-refractivity contribution in [3.8, 4) is 0 Å². The van der Waals surface area contributed by atoms with Gasteiger partial charge in [0.05, 0.1) is 0 Å². The highest BCUT2D eigenvalue weighted by Gasteiger charge is 2.25. The molecule has 0 aromatic carbocycles. The zero-order chi connectivity index (χ0) is 9.97. The third kappa shape index (κ3) is 2.20. The van der Waals surface area contributed by atoms with Crippen LogP contribution in [0, 0.1) is 12.8 Å². The molecule has 0 atom stereocenters. The Morgan fingerprint density at radius 2 is 2.36 bits per heavy atom. The first-order valence-corrected chi connectivity index (χ1v) is 5.03. The number of hydrogen-bond acceptors (Lipinski definition) is 4. The van der Waals surface area contributed by atoms with Crippen molar-refractivity contribution in [2.75, 3.05) is 11.9 Å². The molecule has 1 saturated carbocycles. The van der Waals surface area contributed by atoms with Gasteiger partial charge in [-0.2, -0.15) is 0 Å². The number of rotatable bonds is 3. The second-order valence-corrected chi connectivity index (χ2v) is 4.00. The molecule has 0 radical (unpaired) electrons. The summed E-state index contributed by atoms with van der Waals surface area (Å²) in [4.78, 5) is 8.40. The molecule has 4 heteroatoms. The zero-order valence-electron chi connectivity index (χ0n) is 8.40. The largest absolute Gasteiger partial charge is 0.354 e. The molecule has 0 unspecified atom stereocenters. The Labute approximate surface area is 83.9 Å². The fraction of sp³-hybridized carbons (Fsp3) is 0.600. The predicted molar refractivity (Wildman–Crippen MR) is 56.0 cm³/mol. The van der Waals surface area contributed by atoms with Gasteiger partial charge in [-0.1, -0.05) is 0 Å². The molecule has 0 aliphatic heterocycles. The SMILES string of the molecule is Cc1ccnc(NCC2CC(N)C2)n1. The lowest BCUT2D eigenvalue weighted by molar-refractivity contribution is 0.279. The molecule has 0 amide bonds. The van der Waals surface area contributed by atoms with Crippen molar-refractivity contribution in [3.05, 3.63) is 18.0 Å². The minimum Gasteiger partial charge on any atom is -0.354 e. The van der Waals surface area contributed by atoms with E-state index < -0.39 is 0 Å². The van der Waals surface area contributed by atoms with Crippen molar-refractivity contribution in [3.63, 3.8) is 0 Å². The fourth-order valence-electron chi connectivity index (χ4n) is 1.72. The average Bonchev–Trinajstić information content (AvgIpc) is 2.11. The number of hydrogen-bond donors (Lipinski definition) is 2. The Morgan fingerprint density at radius 1 is 1.57 bits per heavy atom. The van der Waals surface area contributed by atoms with Crippen LogP contribution in [-0.4, -0.2) is 22.6 Å². The van der Waals surface area contributed by atoms with Crippen LogP contribution >= 0.6 is 0 Å². The van der Waals surface area contributed by atoms with Crippen molar-refractivity contribution in [1.82, 2.24) is 9.97 Å². The van der Waals surface area contributed by atoms with Crippen molar-refractivity contribution >= 4 is 5.95 Å². The molecule has 1 heterocycles. The summed E-state index contributed by atoms with van der Waals surface area (Å²) in [6, 6.07) is 2.31. The van der Waals surface area contributed by atoms with Crippen molar-refractivity contribution in [2.45, 2.75) is 25.8 Å². The molecular formula is C10H16N4. The summed E-state index contributed by atoms with van der Waals surface area (Å²) in [7, 11) is 0. The standard InChI is InChI=1S/C10H16N4/c1-7-2-3-12-10(14-7)13-6-8-4-9(11)5-8/h2-3,8-9H,4-6,11H2,1H3,(H,12,13,14). The van der Waals surface area contributed by atoms with Crippen LogP contribution in [0.5, 0.6) is 0 Å². The van der Waals surface area contributed by atoms with Crippen LogP contribution in [0.4, 0.5) is 5.95 Å². The summed E-state index contributed by atoms with van der Waals surface area (Å²) in [6.07, 6.45) is 4.02. The summed E-state index contributed by atoms with van der Waals surface area (Å²) in [5.74, 6) is 1.43. The van der Waals surface area contributed by atoms with Gasteiger partial charge in [0, 0.05) is 24.5 Å². The minimum absolute atomic E-state index is 0.417. The van der Waals surface area contributed by atoms with Gasteiger partial charge in [-0.3, -0.25) is 0 Å². The zero-order valence-corrected chi connectivity index (χ0v) is 8.40. The van der Waals surface area contributed by atoms with Crippen LogP contribution in [0.15, 0.2) is 12.3 Å². The molecule has 4 nitrogen and oxygen atoms in total. The van der Waals surface area contributed by atoms with Gasteiger partial charge in [-0.25, -0.2) is 9.97 Å². The number of nitrogens with one attached hydrogen (secondary N) is 1. The van der Waals surface area contributed by atoms with Gasteiger partial charge < -0.3 is 11.1 Å². The summed E-state index contributed by atoms with van der Waals surface area (Å²) in [6.45, 7) is 2.91. The Hall–Kier alpha value is -1.16. The van der Waals surface area contributed by atoms with Gasteiger partial charge in [0.2, 0.25) is 5.95 Å². The van der Waals surface area contributed by atoms with E-state index >= 15 is 0 Å². The Kier molecular flexibility index (Phi) is 2.63. The molecule has 1 aliphatic rings. The van der Waals surface area contributed by atoms with Crippen LogP contribution in [0.2, 0.25) is 0 Å². The van der Waals surface area contributed by atoms with Gasteiger partial charge in [0.25, 0.3) is 0 Å². The molecular weight excluding hydrogens is 176 g/mol. The molecule has 1 aliphatic carbocycles. The molecule has 1 aromatic rings. The Morgan fingerprint density at radius 3 is 3.00 bits per heavy atom. The van der Waals surface area contributed by atoms with Crippen molar-refractivity contribution < 1.29 is 0 Å². The van der Waals surface area contributed by atoms with E-state index in [0.717, 1.165) is 31.0 Å². The maximum absolute atomic E-state index is 5.70. The van der Waals surface area contributed by atoms with E-state index in [0.29, 0.717) is 12.0 Å². The van der Waals surface area contributed by atoms with Crippen LogP contribution < -0.4 is 11.1 Å². The predicted octanol–water partition coefficient (Wildman–Crippen LogP) is 0.934. The molecule has 14 heavy (non-hydrogen) atoms. The summed E-state index contributed by atoms with van der Waals surface area (Å²) >= 11 is 0. The number of aryl methyl sites for hydroxylation is 1. The highest BCUT2D eigenvalue weighted by Crippen LogP contribution is 2.25. The van der Waals surface area contributed by atoms with Gasteiger partial charge in [0.15, 0.2) is 0 Å². The molecule has 0 spiro atoms. The number of aromatic nitrogens is 2. The molecule has 2 rings (SSSR count). The highest BCUT2D eigenvalue weighted by molar-refractivity contribution is 5.24. The van der Waals surface area contributed by atoms with E-state index in [9.17, 15) is 0 Å². The normalized spacial score (nSPS) is 25.6. The van der Waals surface area contributed by atoms with E-state index in [-0.39, 0.29) is 0 Å². The smallest absolute Gasteiger partial charge is 0.222 e.